The van der Waals surface area contributed by atoms with Crippen molar-refractivity contribution in [2.45, 2.75) is 5.92 Å². The van der Waals surface area contributed by atoms with Gasteiger partial charge in [0.2, 0.25) is 0 Å². The van der Waals surface area contributed by atoms with Crippen molar-refractivity contribution in [3.05, 3.63) is 125 Å². The monoisotopic (exact) mass is 386 g/mol. The standard InChI is InChI=1S/C26H18N4/c27-28-25-17-24(30-29-23-16-8-12-18-9-4-5-13-20(18)23)21-14-6-7-15-22(21)26(25)19-10-2-1-3-11-19/h1-17,26H. The van der Waals surface area contributed by atoms with Gasteiger partial charge in [-0.1, -0.05) is 91.0 Å². The SMILES string of the molecule is [N-]=[N+]=C1C=C(N=Nc2cccc3ccccc23)c2ccccc2C1c1ccccc1. The quantitative estimate of drug-likeness (QED) is 0.275. The van der Waals surface area contributed by atoms with Gasteiger partial charge in [0.25, 0.3) is 0 Å². The topological polar surface area (TPSA) is 61.1 Å². The highest BCUT2D eigenvalue weighted by atomic mass is 15.1. The van der Waals surface area contributed by atoms with E-state index in [2.05, 4.69) is 33.2 Å². The summed E-state index contributed by atoms with van der Waals surface area (Å²) >= 11 is 0. The Morgan fingerprint density at radius 3 is 2.30 bits per heavy atom. The zero-order valence-corrected chi connectivity index (χ0v) is 16.2. The summed E-state index contributed by atoms with van der Waals surface area (Å²) in [6.45, 7) is 0. The van der Waals surface area contributed by atoms with Crippen molar-refractivity contribution in [3.63, 3.8) is 0 Å². The average molecular weight is 386 g/mol. The van der Waals surface area contributed by atoms with Crippen LogP contribution in [-0.2, 0) is 0 Å². The van der Waals surface area contributed by atoms with Crippen LogP contribution in [-0.4, -0.2) is 10.5 Å². The zero-order chi connectivity index (χ0) is 20.3. The number of hydrogen-bond acceptors (Lipinski definition) is 2. The van der Waals surface area contributed by atoms with Crippen LogP contribution in [0.15, 0.2) is 113 Å². The Hall–Kier alpha value is -4.14. The summed E-state index contributed by atoms with van der Waals surface area (Å²) in [4.78, 5) is 3.60. The fourth-order valence-electron chi connectivity index (χ4n) is 4.01. The van der Waals surface area contributed by atoms with E-state index < -0.39 is 0 Å². The van der Waals surface area contributed by atoms with Crippen LogP contribution in [0.4, 0.5) is 5.69 Å². The molecule has 0 heterocycles. The fourth-order valence-corrected chi connectivity index (χ4v) is 4.01. The fraction of sp³-hybridized carbons (Fsp3) is 0.0385. The highest BCUT2D eigenvalue weighted by Gasteiger charge is 2.33. The Labute approximate surface area is 174 Å². The smallest absolute Gasteiger partial charge is 0.306 e. The Kier molecular flexibility index (Phi) is 4.60. The summed E-state index contributed by atoms with van der Waals surface area (Å²) in [6.07, 6.45) is 1.81. The van der Waals surface area contributed by atoms with Gasteiger partial charge in [-0.15, -0.1) is 10.2 Å². The van der Waals surface area contributed by atoms with Gasteiger partial charge < -0.3 is 5.53 Å². The summed E-state index contributed by atoms with van der Waals surface area (Å²) in [6, 6.07) is 32.2. The molecule has 0 saturated heterocycles. The average Bonchev–Trinajstić information content (AvgIpc) is 2.82. The number of azo groups is 1. The van der Waals surface area contributed by atoms with Crippen molar-refractivity contribution in [2.75, 3.05) is 0 Å². The molecule has 30 heavy (non-hydrogen) atoms. The maximum atomic E-state index is 9.76. The highest BCUT2D eigenvalue weighted by Crippen LogP contribution is 2.38. The van der Waals surface area contributed by atoms with E-state index >= 15 is 0 Å². The van der Waals surface area contributed by atoms with E-state index in [1.54, 1.807) is 0 Å². The van der Waals surface area contributed by atoms with Crippen LogP contribution in [0.2, 0.25) is 0 Å². The summed E-state index contributed by atoms with van der Waals surface area (Å²) in [5.74, 6) is -0.149. The lowest BCUT2D eigenvalue weighted by molar-refractivity contribution is -0.00700. The van der Waals surface area contributed by atoms with Gasteiger partial charge in [-0.2, -0.15) is 4.79 Å². The molecule has 0 fully saturated rings. The minimum absolute atomic E-state index is 0.149. The molecule has 0 amide bonds. The summed E-state index contributed by atoms with van der Waals surface area (Å²) < 4.78 is 0. The molecule has 0 bridgehead atoms. The van der Waals surface area contributed by atoms with Gasteiger partial charge in [-0.05, 0) is 22.6 Å². The Bertz CT molecular complexity index is 1340. The minimum Gasteiger partial charge on any atom is -0.361 e. The lowest BCUT2D eigenvalue weighted by atomic mass is 9.80. The number of allylic oxidation sites excluding steroid dienone is 1. The molecule has 0 saturated carbocycles. The molecular formula is C26H18N4. The minimum atomic E-state index is -0.149. The molecular weight excluding hydrogens is 368 g/mol. The van der Waals surface area contributed by atoms with Gasteiger partial charge in [-0.3, -0.25) is 0 Å². The van der Waals surface area contributed by atoms with E-state index in [0.717, 1.165) is 33.2 Å². The first-order valence-corrected chi connectivity index (χ1v) is 9.82. The number of benzene rings is 4. The number of fused-ring (bicyclic) bond motifs is 2. The first kappa shape index (κ1) is 17.9. The van der Waals surface area contributed by atoms with Crippen molar-refractivity contribution in [1.29, 1.82) is 0 Å². The molecule has 142 valence electrons. The third kappa shape index (κ3) is 3.16. The van der Waals surface area contributed by atoms with Crippen LogP contribution in [0, 0.1) is 0 Å². The maximum Gasteiger partial charge on any atom is 0.306 e. The van der Waals surface area contributed by atoms with Crippen LogP contribution in [0.3, 0.4) is 0 Å². The van der Waals surface area contributed by atoms with Crippen molar-refractivity contribution in [2.24, 2.45) is 10.2 Å². The van der Waals surface area contributed by atoms with Crippen LogP contribution in [0.25, 0.3) is 22.0 Å². The second-order valence-corrected chi connectivity index (χ2v) is 7.18. The molecule has 4 heteroatoms. The predicted octanol–water partition coefficient (Wildman–Crippen LogP) is 6.78. The predicted molar refractivity (Wildman–Crippen MR) is 120 cm³/mol. The van der Waals surface area contributed by atoms with Gasteiger partial charge in [0, 0.05) is 10.9 Å². The Balaban J connectivity index is 1.62. The molecule has 4 aromatic carbocycles. The first-order chi connectivity index (χ1) is 14.8. The third-order valence-electron chi connectivity index (χ3n) is 5.41. The number of nitrogens with zero attached hydrogens (tertiary/aromatic N) is 4. The van der Waals surface area contributed by atoms with Gasteiger partial charge in [0.1, 0.15) is 11.6 Å². The van der Waals surface area contributed by atoms with Crippen molar-refractivity contribution >= 4 is 27.9 Å². The largest absolute Gasteiger partial charge is 0.361 e. The van der Waals surface area contributed by atoms with Crippen LogP contribution < -0.4 is 0 Å². The van der Waals surface area contributed by atoms with E-state index in [0.29, 0.717) is 11.4 Å². The van der Waals surface area contributed by atoms with Crippen molar-refractivity contribution in [1.82, 2.24) is 0 Å². The molecule has 0 spiro atoms. The molecule has 1 unspecified atom stereocenters. The molecule has 1 atom stereocenters. The van der Waals surface area contributed by atoms with E-state index in [9.17, 15) is 5.53 Å². The summed E-state index contributed by atoms with van der Waals surface area (Å²) in [7, 11) is 0. The molecule has 0 aromatic heterocycles. The lowest BCUT2D eigenvalue weighted by Crippen LogP contribution is -2.19. The lowest BCUT2D eigenvalue weighted by Gasteiger charge is -2.20. The van der Waals surface area contributed by atoms with Crippen LogP contribution >= 0.6 is 0 Å². The molecule has 1 aliphatic carbocycles. The highest BCUT2D eigenvalue weighted by molar-refractivity contribution is 6.07. The Morgan fingerprint density at radius 2 is 1.43 bits per heavy atom. The first-order valence-electron chi connectivity index (χ1n) is 9.82. The van der Waals surface area contributed by atoms with E-state index in [1.807, 2.05) is 84.9 Å². The summed E-state index contributed by atoms with van der Waals surface area (Å²) in [5.41, 5.74) is 14.9. The van der Waals surface area contributed by atoms with Gasteiger partial charge in [0.05, 0.1) is 11.8 Å². The van der Waals surface area contributed by atoms with E-state index in [1.165, 1.54) is 0 Å². The molecule has 4 aromatic rings. The molecule has 0 N–H and O–H groups in total. The number of hydrogen-bond donors (Lipinski definition) is 0. The van der Waals surface area contributed by atoms with Gasteiger partial charge in [0.15, 0.2) is 0 Å². The van der Waals surface area contributed by atoms with E-state index in [4.69, 9.17) is 0 Å². The van der Waals surface area contributed by atoms with Crippen molar-refractivity contribution < 1.29 is 4.79 Å². The van der Waals surface area contributed by atoms with Crippen LogP contribution in [0.5, 0.6) is 0 Å². The Morgan fingerprint density at radius 1 is 0.700 bits per heavy atom. The summed E-state index contributed by atoms with van der Waals surface area (Å²) in [5, 5.41) is 11.3. The second-order valence-electron chi connectivity index (χ2n) is 7.18. The van der Waals surface area contributed by atoms with Crippen molar-refractivity contribution in [3.8, 4) is 0 Å². The normalized spacial score (nSPS) is 15.7. The molecule has 0 aliphatic heterocycles. The van der Waals surface area contributed by atoms with Crippen LogP contribution in [0.1, 0.15) is 22.6 Å². The van der Waals surface area contributed by atoms with E-state index in [-0.39, 0.29) is 5.92 Å². The van der Waals surface area contributed by atoms with Gasteiger partial charge in [-0.25, -0.2) is 0 Å². The third-order valence-corrected chi connectivity index (χ3v) is 5.41. The maximum absolute atomic E-state index is 9.76. The molecule has 4 nitrogen and oxygen atoms in total. The molecule has 5 rings (SSSR count). The zero-order valence-electron chi connectivity index (χ0n) is 16.2. The molecule has 1 aliphatic rings. The number of rotatable bonds is 3. The second kappa shape index (κ2) is 7.70. The van der Waals surface area contributed by atoms with Gasteiger partial charge >= 0.3 is 5.71 Å². The molecule has 0 radical (unpaired) electrons.